The minimum absolute atomic E-state index is 0.0387. The van der Waals surface area contributed by atoms with Gasteiger partial charge in [0.2, 0.25) is 0 Å². The van der Waals surface area contributed by atoms with Crippen molar-refractivity contribution in [2.75, 3.05) is 12.8 Å². The number of carbonyl (C=O) groups excluding carboxylic acids is 1. The summed E-state index contributed by atoms with van der Waals surface area (Å²) in [5.74, 6) is 0.0369. The lowest BCUT2D eigenvalue weighted by Crippen LogP contribution is -2.08. The summed E-state index contributed by atoms with van der Waals surface area (Å²) in [4.78, 5) is 15.7. The highest BCUT2D eigenvalue weighted by Gasteiger charge is 2.21. The average molecular weight is 335 g/mol. The van der Waals surface area contributed by atoms with Gasteiger partial charge in [-0.05, 0) is 25.1 Å². The number of rotatable bonds is 2. The van der Waals surface area contributed by atoms with E-state index >= 15 is 0 Å². The summed E-state index contributed by atoms with van der Waals surface area (Å²) in [6.07, 6.45) is 0. The van der Waals surface area contributed by atoms with E-state index in [-0.39, 0.29) is 11.5 Å². The number of imidazole rings is 1. The molecule has 0 aliphatic rings. The van der Waals surface area contributed by atoms with Gasteiger partial charge in [-0.3, -0.25) is 4.57 Å². The number of methoxy groups -OCH3 is 1. The van der Waals surface area contributed by atoms with E-state index in [1.165, 1.54) is 7.11 Å². The minimum atomic E-state index is -0.611. The summed E-state index contributed by atoms with van der Waals surface area (Å²) in [5, 5.41) is 9.21. The van der Waals surface area contributed by atoms with E-state index in [0.29, 0.717) is 17.1 Å². The van der Waals surface area contributed by atoms with Crippen LogP contribution in [0.1, 0.15) is 21.9 Å². The number of hydrogen-bond donors (Lipinski definition) is 1. The summed E-state index contributed by atoms with van der Waals surface area (Å²) in [6, 6.07) is 7.28. The van der Waals surface area contributed by atoms with E-state index in [0.717, 1.165) is 4.47 Å². The zero-order chi connectivity index (χ0) is 14.9. The number of hydrogen-bond acceptors (Lipinski definition) is 5. The van der Waals surface area contributed by atoms with Crippen LogP contribution in [0.4, 0.5) is 5.82 Å². The van der Waals surface area contributed by atoms with Crippen LogP contribution < -0.4 is 5.73 Å². The first-order valence-electron chi connectivity index (χ1n) is 5.62. The van der Waals surface area contributed by atoms with Gasteiger partial charge in [-0.15, -0.1) is 0 Å². The van der Waals surface area contributed by atoms with Crippen molar-refractivity contribution < 1.29 is 9.53 Å². The van der Waals surface area contributed by atoms with Crippen molar-refractivity contribution in [1.29, 1.82) is 5.26 Å². The van der Waals surface area contributed by atoms with E-state index in [1.807, 2.05) is 0 Å². The molecule has 0 unspecified atom stereocenters. The molecule has 2 N–H and O–H groups in total. The number of ether oxygens (including phenoxy) is 1. The van der Waals surface area contributed by atoms with Crippen molar-refractivity contribution >= 4 is 27.7 Å². The van der Waals surface area contributed by atoms with Crippen molar-refractivity contribution in [2.24, 2.45) is 0 Å². The Bertz CT molecular complexity index is 731. The molecule has 1 aromatic heterocycles. The van der Waals surface area contributed by atoms with Crippen molar-refractivity contribution in [1.82, 2.24) is 9.55 Å². The first kappa shape index (κ1) is 14.1. The fourth-order valence-corrected chi connectivity index (χ4v) is 2.25. The predicted molar refractivity (Wildman–Crippen MR) is 76.5 cm³/mol. The average Bonchev–Trinajstić information content (AvgIpc) is 2.73. The number of nitriles is 1. The summed E-state index contributed by atoms with van der Waals surface area (Å²) >= 11 is 3.30. The number of nitrogens with two attached hydrogens (primary N) is 1. The molecule has 0 spiro atoms. The summed E-state index contributed by atoms with van der Waals surface area (Å²) in [5.41, 5.74) is 6.97. The van der Waals surface area contributed by atoms with Gasteiger partial charge in [-0.25, -0.2) is 9.78 Å². The van der Waals surface area contributed by atoms with E-state index in [9.17, 15) is 10.1 Å². The maximum atomic E-state index is 11.6. The topological polar surface area (TPSA) is 93.9 Å². The van der Waals surface area contributed by atoms with Gasteiger partial charge in [0.15, 0.2) is 5.69 Å². The van der Waals surface area contributed by atoms with Crippen LogP contribution in [0.2, 0.25) is 0 Å². The second-order valence-electron chi connectivity index (χ2n) is 3.99. The van der Waals surface area contributed by atoms with Crippen LogP contribution in [0, 0.1) is 18.3 Å². The summed E-state index contributed by atoms with van der Waals surface area (Å²) in [6.45, 7) is 1.70. The fraction of sp³-hybridized carbons (Fsp3) is 0.154. The molecular formula is C13H11BrN4O2. The molecule has 0 atom stereocenters. The van der Waals surface area contributed by atoms with Crippen molar-refractivity contribution in [3.05, 3.63) is 39.8 Å². The molecule has 0 aliphatic carbocycles. The van der Waals surface area contributed by atoms with Crippen LogP contribution in [0.3, 0.4) is 0 Å². The van der Waals surface area contributed by atoms with Crippen LogP contribution in [-0.4, -0.2) is 22.6 Å². The van der Waals surface area contributed by atoms with E-state index in [2.05, 4.69) is 31.7 Å². The molecule has 0 fully saturated rings. The Hall–Kier alpha value is -2.33. The number of carbonyl (C=O) groups is 1. The highest BCUT2D eigenvalue weighted by molar-refractivity contribution is 9.10. The molecule has 0 saturated carbocycles. The van der Waals surface area contributed by atoms with Crippen LogP contribution in [-0.2, 0) is 4.74 Å². The minimum Gasteiger partial charge on any atom is -0.464 e. The Balaban J connectivity index is 2.69. The smallest absolute Gasteiger partial charge is 0.360 e. The first-order chi connectivity index (χ1) is 9.49. The number of halogens is 1. The van der Waals surface area contributed by atoms with Gasteiger partial charge in [0.1, 0.15) is 17.7 Å². The van der Waals surface area contributed by atoms with E-state index in [4.69, 9.17) is 5.73 Å². The largest absolute Gasteiger partial charge is 0.464 e. The molecule has 0 aliphatic heterocycles. The van der Waals surface area contributed by atoms with Gasteiger partial charge >= 0.3 is 5.97 Å². The number of nitrogens with zero attached hydrogens (tertiary/aromatic N) is 3. The van der Waals surface area contributed by atoms with Gasteiger partial charge in [0.25, 0.3) is 0 Å². The molecule has 0 radical (unpaired) electrons. The Labute approximate surface area is 123 Å². The van der Waals surface area contributed by atoms with Gasteiger partial charge in [0, 0.05) is 4.47 Å². The van der Waals surface area contributed by atoms with Gasteiger partial charge in [-0.1, -0.05) is 15.9 Å². The van der Waals surface area contributed by atoms with Crippen molar-refractivity contribution in [3.63, 3.8) is 0 Å². The molecule has 2 aromatic rings. The predicted octanol–water partition coefficient (Wildman–Crippen LogP) is 2.18. The molecule has 0 saturated heterocycles. The molecule has 6 nitrogen and oxygen atoms in total. The Morgan fingerprint density at radius 2 is 2.25 bits per heavy atom. The normalized spacial score (nSPS) is 10.1. The Morgan fingerprint density at radius 3 is 2.85 bits per heavy atom. The maximum Gasteiger partial charge on any atom is 0.360 e. The summed E-state index contributed by atoms with van der Waals surface area (Å²) in [7, 11) is 1.26. The molecule has 0 bridgehead atoms. The van der Waals surface area contributed by atoms with Crippen LogP contribution in [0.5, 0.6) is 0 Å². The Kier molecular flexibility index (Phi) is 3.77. The number of aryl methyl sites for hydroxylation is 1. The van der Waals surface area contributed by atoms with Gasteiger partial charge in [-0.2, -0.15) is 5.26 Å². The molecule has 7 heteroatoms. The lowest BCUT2D eigenvalue weighted by Gasteiger charge is -2.09. The zero-order valence-electron chi connectivity index (χ0n) is 10.8. The molecular weight excluding hydrogens is 324 g/mol. The lowest BCUT2D eigenvalue weighted by atomic mass is 10.2. The monoisotopic (exact) mass is 334 g/mol. The standard InChI is InChI=1S/C13H11BrN4O2/c1-7-17-11(13(19)20-2)12(16)18(7)10-4-3-9(14)5-8(10)6-15/h3-5H,16H2,1-2H3. The van der Waals surface area contributed by atoms with Crippen LogP contribution >= 0.6 is 15.9 Å². The zero-order valence-corrected chi connectivity index (χ0v) is 12.4. The maximum absolute atomic E-state index is 11.6. The molecule has 1 aromatic carbocycles. The highest BCUT2D eigenvalue weighted by atomic mass is 79.9. The van der Waals surface area contributed by atoms with Crippen LogP contribution in [0.25, 0.3) is 5.69 Å². The third kappa shape index (κ3) is 2.26. The lowest BCUT2D eigenvalue weighted by molar-refractivity contribution is 0.0596. The number of benzene rings is 1. The number of anilines is 1. The van der Waals surface area contributed by atoms with Gasteiger partial charge < -0.3 is 10.5 Å². The summed E-state index contributed by atoms with van der Waals surface area (Å²) < 4.78 is 6.96. The fourth-order valence-electron chi connectivity index (χ4n) is 1.89. The molecule has 102 valence electrons. The molecule has 1 heterocycles. The van der Waals surface area contributed by atoms with E-state index in [1.54, 1.807) is 29.7 Å². The third-order valence-electron chi connectivity index (χ3n) is 2.78. The van der Waals surface area contributed by atoms with Gasteiger partial charge in [0.05, 0.1) is 18.4 Å². The molecule has 0 amide bonds. The Morgan fingerprint density at radius 1 is 1.55 bits per heavy atom. The third-order valence-corrected chi connectivity index (χ3v) is 3.27. The van der Waals surface area contributed by atoms with Crippen LogP contribution in [0.15, 0.2) is 22.7 Å². The second kappa shape index (κ2) is 5.35. The SMILES string of the molecule is COC(=O)c1nc(C)n(-c2ccc(Br)cc2C#N)c1N. The van der Waals surface area contributed by atoms with Crippen molar-refractivity contribution in [2.45, 2.75) is 6.92 Å². The second-order valence-corrected chi connectivity index (χ2v) is 4.91. The molecule has 20 heavy (non-hydrogen) atoms. The quantitative estimate of drug-likeness (QED) is 0.849. The number of nitrogen functional groups attached to an aromatic ring is 1. The first-order valence-corrected chi connectivity index (χ1v) is 6.42. The number of aromatic nitrogens is 2. The van der Waals surface area contributed by atoms with Crippen molar-refractivity contribution in [3.8, 4) is 11.8 Å². The molecule has 2 rings (SSSR count). The highest BCUT2D eigenvalue weighted by Crippen LogP contribution is 2.25. The number of esters is 1. The van der Waals surface area contributed by atoms with E-state index < -0.39 is 5.97 Å².